The summed E-state index contributed by atoms with van der Waals surface area (Å²) in [5, 5.41) is 3.95. The fraction of sp³-hybridized carbons (Fsp3) is 0.500. The van der Waals surface area contributed by atoms with Crippen LogP contribution in [0.5, 0.6) is 5.88 Å². The average molecular weight is 450 g/mol. The molecule has 2 fully saturated rings. The van der Waals surface area contributed by atoms with Gasteiger partial charge in [-0.25, -0.2) is 9.97 Å². The molecule has 3 aromatic rings. The van der Waals surface area contributed by atoms with E-state index in [4.69, 9.17) is 10.5 Å². The van der Waals surface area contributed by atoms with Crippen LogP contribution in [-0.4, -0.2) is 50.7 Å². The molecule has 0 unspecified atom stereocenters. The Bertz CT molecular complexity index is 1150. The zero-order chi connectivity index (χ0) is 22.6. The molecule has 0 bridgehead atoms. The molecule has 33 heavy (non-hydrogen) atoms. The average Bonchev–Trinajstić information content (AvgIpc) is 3.36. The Labute approximate surface area is 193 Å². The van der Waals surface area contributed by atoms with Gasteiger partial charge in [0.1, 0.15) is 12.3 Å². The number of pyridine rings is 2. The monoisotopic (exact) mass is 449 g/mol. The summed E-state index contributed by atoms with van der Waals surface area (Å²) >= 11 is 0. The smallest absolute Gasteiger partial charge is 0.275 e. The minimum Gasteiger partial charge on any atom is -0.476 e. The number of ether oxygens (including phenoxy) is 1. The fourth-order valence-corrected chi connectivity index (χ4v) is 4.83. The second-order valence-corrected chi connectivity index (χ2v) is 8.95. The first-order valence-electron chi connectivity index (χ1n) is 11.9. The lowest BCUT2D eigenvalue weighted by Crippen LogP contribution is -2.33. The van der Waals surface area contributed by atoms with Crippen LogP contribution in [0, 0.1) is 0 Å². The van der Waals surface area contributed by atoms with Crippen LogP contribution in [0.3, 0.4) is 0 Å². The number of fused-ring (bicyclic) bond motifs is 1. The quantitative estimate of drug-likeness (QED) is 0.564. The summed E-state index contributed by atoms with van der Waals surface area (Å²) in [6.45, 7) is 3.88. The number of nitrogens with zero attached hydrogens (tertiary/aromatic N) is 5. The summed E-state index contributed by atoms with van der Waals surface area (Å²) in [5.41, 5.74) is 7.41. The predicted molar refractivity (Wildman–Crippen MR) is 129 cm³/mol. The van der Waals surface area contributed by atoms with E-state index < -0.39 is 0 Å². The topological polar surface area (TPSA) is 111 Å². The lowest BCUT2D eigenvalue weighted by atomic mass is 10.1. The summed E-state index contributed by atoms with van der Waals surface area (Å²) in [7, 11) is 0. The molecule has 4 heterocycles. The molecule has 174 valence electrons. The Morgan fingerprint density at radius 2 is 1.88 bits per heavy atom. The van der Waals surface area contributed by atoms with Crippen molar-refractivity contribution in [2.45, 2.75) is 51.0 Å². The third-order valence-corrected chi connectivity index (χ3v) is 6.59. The van der Waals surface area contributed by atoms with Crippen LogP contribution in [0.25, 0.3) is 11.0 Å². The number of piperidine rings is 1. The van der Waals surface area contributed by atoms with Gasteiger partial charge in [-0.3, -0.25) is 14.3 Å². The molecule has 0 amide bonds. The highest BCUT2D eigenvalue weighted by Gasteiger charge is 2.22. The Morgan fingerprint density at radius 1 is 1.06 bits per heavy atom. The minimum absolute atomic E-state index is 0.134. The van der Waals surface area contributed by atoms with Crippen molar-refractivity contribution in [2.24, 2.45) is 0 Å². The van der Waals surface area contributed by atoms with Gasteiger partial charge in [0.15, 0.2) is 0 Å². The van der Waals surface area contributed by atoms with Gasteiger partial charge in [-0.1, -0.05) is 19.3 Å². The van der Waals surface area contributed by atoms with E-state index in [1.807, 2.05) is 12.1 Å². The van der Waals surface area contributed by atoms with Crippen molar-refractivity contribution in [3.05, 3.63) is 40.9 Å². The maximum Gasteiger partial charge on any atom is 0.275 e. The maximum atomic E-state index is 12.8. The van der Waals surface area contributed by atoms with Gasteiger partial charge in [0.05, 0.1) is 17.6 Å². The Morgan fingerprint density at radius 3 is 2.64 bits per heavy atom. The normalized spacial score (nSPS) is 17.5. The SMILES string of the molecule is Nc1cc2cnc(Nc3ccc(OCCN4CCCCC4)nc3)nc2n(C2CCCC2)c1=O. The van der Waals surface area contributed by atoms with E-state index in [9.17, 15) is 4.79 Å². The van der Waals surface area contributed by atoms with E-state index in [-0.39, 0.29) is 17.3 Å². The van der Waals surface area contributed by atoms with Crippen LogP contribution in [0.1, 0.15) is 51.0 Å². The van der Waals surface area contributed by atoms with Crippen molar-refractivity contribution in [1.82, 2.24) is 24.4 Å². The molecule has 1 aliphatic carbocycles. The van der Waals surface area contributed by atoms with Gasteiger partial charge < -0.3 is 15.8 Å². The zero-order valence-electron chi connectivity index (χ0n) is 18.9. The van der Waals surface area contributed by atoms with Crippen LogP contribution < -0.4 is 21.3 Å². The van der Waals surface area contributed by atoms with Gasteiger partial charge in [0.25, 0.3) is 5.56 Å². The Balaban J connectivity index is 1.28. The molecule has 2 aliphatic rings. The first-order chi connectivity index (χ1) is 16.2. The first kappa shape index (κ1) is 21.6. The molecule has 0 radical (unpaired) electrons. The van der Waals surface area contributed by atoms with E-state index >= 15 is 0 Å². The lowest BCUT2D eigenvalue weighted by molar-refractivity contribution is 0.180. The van der Waals surface area contributed by atoms with Gasteiger partial charge in [-0.15, -0.1) is 0 Å². The fourth-order valence-electron chi connectivity index (χ4n) is 4.83. The lowest BCUT2D eigenvalue weighted by Gasteiger charge is -2.26. The van der Waals surface area contributed by atoms with Gasteiger partial charge >= 0.3 is 0 Å². The standard InChI is InChI=1S/C24H31N7O2/c25-20-14-17-15-27-24(29-22(17)31(23(20)32)19-6-2-3-7-19)28-18-8-9-21(26-16-18)33-13-12-30-10-4-1-5-11-30/h8-9,14-16,19H,1-7,10-13,25H2,(H,27,28,29). The summed E-state index contributed by atoms with van der Waals surface area (Å²) < 4.78 is 7.56. The van der Waals surface area contributed by atoms with Crippen LogP contribution in [0.2, 0.25) is 0 Å². The molecule has 0 spiro atoms. The van der Waals surface area contributed by atoms with Crippen molar-refractivity contribution in [3.63, 3.8) is 0 Å². The molecule has 3 N–H and O–H groups in total. The number of hydrogen-bond acceptors (Lipinski definition) is 8. The highest BCUT2D eigenvalue weighted by Crippen LogP contribution is 2.31. The molecular weight excluding hydrogens is 418 g/mol. The van der Waals surface area contributed by atoms with Crippen LogP contribution in [-0.2, 0) is 0 Å². The van der Waals surface area contributed by atoms with E-state index in [0.717, 1.165) is 56.4 Å². The van der Waals surface area contributed by atoms with Crippen LogP contribution >= 0.6 is 0 Å². The van der Waals surface area contributed by atoms with E-state index in [1.165, 1.54) is 19.3 Å². The molecule has 9 nitrogen and oxygen atoms in total. The molecule has 5 rings (SSSR count). The maximum absolute atomic E-state index is 12.8. The highest BCUT2D eigenvalue weighted by molar-refractivity contribution is 5.79. The van der Waals surface area contributed by atoms with Gasteiger partial charge in [0, 0.05) is 30.2 Å². The summed E-state index contributed by atoms with van der Waals surface area (Å²) in [4.78, 5) is 28.7. The van der Waals surface area contributed by atoms with Crippen LogP contribution in [0.15, 0.2) is 35.4 Å². The number of likely N-dealkylation sites (tertiary alicyclic amines) is 1. The van der Waals surface area contributed by atoms with Gasteiger partial charge in [-0.05, 0) is 50.9 Å². The zero-order valence-corrected chi connectivity index (χ0v) is 18.9. The van der Waals surface area contributed by atoms with Crippen molar-refractivity contribution in [2.75, 3.05) is 37.3 Å². The second kappa shape index (κ2) is 9.74. The van der Waals surface area contributed by atoms with Gasteiger partial charge in [0.2, 0.25) is 11.8 Å². The number of rotatable bonds is 7. The minimum atomic E-state index is -0.174. The van der Waals surface area contributed by atoms with Crippen molar-refractivity contribution < 1.29 is 4.74 Å². The molecule has 9 heteroatoms. The van der Waals surface area contributed by atoms with Gasteiger partial charge in [-0.2, -0.15) is 4.98 Å². The highest BCUT2D eigenvalue weighted by atomic mass is 16.5. The molecule has 3 aromatic heterocycles. The molecule has 0 atom stereocenters. The first-order valence-corrected chi connectivity index (χ1v) is 11.9. The largest absolute Gasteiger partial charge is 0.476 e. The third kappa shape index (κ3) is 4.93. The Kier molecular flexibility index (Phi) is 6.39. The summed E-state index contributed by atoms with van der Waals surface area (Å²) in [6.07, 6.45) is 11.5. The van der Waals surface area contributed by atoms with E-state index in [1.54, 1.807) is 23.0 Å². The van der Waals surface area contributed by atoms with Crippen LogP contribution in [0.4, 0.5) is 17.3 Å². The van der Waals surface area contributed by atoms with E-state index in [0.29, 0.717) is 24.1 Å². The third-order valence-electron chi connectivity index (χ3n) is 6.59. The molecular formula is C24H31N7O2. The number of hydrogen-bond donors (Lipinski definition) is 2. The van der Waals surface area contributed by atoms with E-state index in [2.05, 4.69) is 25.2 Å². The summed E-state index contributed by atoms with van der Waals surface area (Å²) in [5.74, 6) is 1.02. The molecule has 0 aromatic carbocycles. The number of nitrogens with one attached hydrogen (secondary N) is 1. The molecule has 1 saturated carbocycles. The van der Waals surface area contributed by atoms with Crippen molar-refractivity contribution >= 4 is 28.4 Å². The van der Waals surface area contributed by atoms with Crippen molar-refractivity contribution in [1.29, 1.82) is 0 Å². The number of nitrogens with two attached hydrogens (primary N) is 1. The molecule has 1 aliphatic heterocycles. The van der Waals surface area contributed by atoms with Crippen molar-refractivity contribution in [3.8, 4) is 5.88 Å². The number of aromatic nitrogens is 4. The number of anilines is 3. The molecule has 1 saturated heterocycles. The second-order valence-electron chi connectivity index (χ2n) is 8.95. The summed E-state index contributed by atoms with van der Waals surface area (Å²) in [6, 6.07) is 5.53. The number of nitrogen functional groups attached to an aromatic ring is 1. The predicted octanol–water partition coefficient (Wildman–Crippen LogP) is 3.49. The Hall–Kier alpha value is -3.20.